The second kappa shape index (κ2) is 7.46. The molecule has 0 amide bonds. The van der Waals surface area contributed by atoms with Gasteiger partial charge < -0.3 is 14.6 Å². The Kier molecular flexibility index (Phi) is 5.08. The van der Waals surface area contributed by atoms with Crippen molar-refractivity contribution < 1.29 is 27.1 Å². The number of aromatic nitrogens is 4. The topological polar surface area (TPSA) is 67.1 Å². The summed E-state index contributed by atoms with van der Waals surface area (Å²) in [5.74, 6) is -0.811. The van der Waals surface area contributed by atoms with Crippen LogP contribution >= 0.6 is 0 Å². The van der Waals surface area contributed by atoms with E-state index in [1.165, 1.54) is 6.33 Å². The van der Waals surface area contributed by atoms with E-state index in [-0.39, 0.29) is 22.8 Å². The zero-order chi connectivity index (χ0) is 21.6. The molecule has 1 aliphatic heterocycles. The van der Waals surface area contributed by atoms with E-state index in [1.54, 1.807) is 4.57 Å². The summed E-state index contributed by atoms with van der Waals surface area (Å²) in [4.78, 5) is 6.23. The Hall–Kier alpha value is -2.82. The average Bonchev–Trinajstić information content (AvgIpc) is 3.10. The lowest BCUT2D eigenvalue weighted by molar-refractivity contribution is -0.137. The van der Waals surface area contributed by atoms with Crippen LogP contribution in [0.25, 0.3) is 22.4 Å². The second-order valence-electron chi connectivity index (χ2n) is 7.38. The van der Waals surface area contributed by atoms with E-state index >= 15 is 0 Å². The van der Waals surface area contributed by atoms with Crippen LogP contribution < -0.4 is 0 Å². The van der Waals surface area contributed by atoms with E-state index in [0.717, 1.165) is 25.5 Å². The number of alkyl halides is 5. The molecule has 0 unspecified atom stereocenters. The van der Waals surface area contributed by atoms with E-state index in [2.05, 4.69) is 20.1 Å². The molecule has 11 heteroatoms. The number of aromatic hydroxyl groups is 1. The number of piperidine rings is 1. The molecule has 6 nitrogen and oxygen atoms in total. The minimum absolute atomic E-state index is 0.00102. The Labute approximate surface area is 168 Å². The third-order valence-electron chi connectivity index (χ3n) is 5.31. The fourth-order valence-corrected chi connectivity index (χ4v) is 3.85. The first-order chi connectivity index (χ1) is 14.2. The molecule has 0 saturated carbocycles. The lowest BCUT2D eigenvalue weighted by Crippen LogP contribution is -2.33. The highest BCUT2D eigenvalue weighted by molar-refractivity contribution is 5.83. The van der Waals surface area contributed by atoms with Crippen molar-refractivity contribution >= 4 is 11.2 Å². The summed E-state index contributed by atoms with van der Waals surface area (Å²) >= 11 is 0. The van der Waals surface area contributed by atoms with Crippen LogP contribution in [0.3, 0.4) is 0 Å². The van der Waals surface area contributed by atoms with Crippen molar-refractivity contribution in [2.45, 2.75) is 31.5 Å². The Morgan fingerprint density at radius 3 is 2.60 bits per heavy atom. The monoisotopic (exact) mass is 427 g/mol. The summed E-state index contributed by atoms with van der Waals surface area (Å²) < 4.78 is 68.2. The molecule has 1 aliphatic rings. The molecule has 0 bridgehead atoms. The van der Waals surface area contributed by atoms with Crippen molar-refractivity contribution in [2.24, 2.45) is 0 Å². The first kappa shape index (κ1) is 20.5. The Morgan fingerprint density at radius 2 is 1.97 bits per heavy atom. The minimum Gasteiger partial charge on any atom is -0.507 e. The maximum absolute atomic E-state index is 14.0. The van der Waals surface area contributed by atoms with Crippen molar-refractivity contribution in [3.8, 4) is 17.0 Å². The number of phenols is 1. The number of phenolic OH excluding ortho intramolecular Hbond substituents is 1. The van der Waals surface area contributed by atoms with Gasteiger partial charge in [0.05, 0.1) is 17.5 Å². The molecule has 0 aliphatic carbocycles. The van der Waals surface area contributed by atoms with Crippen molar-refractivity contribution in [2.75, 3.05) is 20.1 Å². The van der Waals surface area contributed by atoms with Gasteiger partial charge in [-0.3, -0.25) is 0 Å². The minimum atomic E-state index is -4.68. The molecule has 3 heterocycles. The van der Waals surface area contributed by atoms with Crippen LogP contribution in [-0.4, -0.2) is 49.9 Å². The number of hydrogen-bond donors (Lipinski definition) is 1. The summed E-state index contributed by atoms with van der Waals surface area (Å²) in [6, 6.07) is 2.09. The van der Waals surface area contributed by atoms with Crippen molar-refractivity contribution in [3.05, 3.63) is 35.7 Å². The number of hydrogen-bond acceptors (Lipinski definition) is 5. The smallest absolute Gasteiger partial charge is 0.416 e. The highest BCUT2D eigenvalue weighted by Crippen LogP contribution is 2.40. The molecule has 1 atom stereocenters. The summed E-state index contributed by atoms with van der Waals surface area (Å²) in [5, 5.41) is 18.0. The Morgan fingerprint density at radius 1 is 1.20 bits per heavy atom. The van der Waals surface area contributed by atoms with Gasteiger partial charge in [0.2, 0.25) is 0 Å². The zero-order valence-corrected chi connectivity index (χ0v) is 15.9. The normalized spacial score (nSPS) is 18.4. The van der Waals surface area contributed by atoms with Gasteiger partial charge in [0.1, 0.15) is 17.0 Å². The van der Waals surface area contributed by atoms with Gasteiger partial charge in [-0.2, -0.15) is 13.2 Å². The van der Waals surface area contributed by atoms with Gasteiger partial charge >= 0.3 is 6.18 Å². The van der Waals surface area contributed by atoms with E-state index < -0.39 is 35.2 Å². The predicted molar refractivity (Wildman–Crippen MR) is 98.2 cm³/mol. The van der Waals surface area contributed by atoms with Gasteiger partial charge in [-0.15, -0.1) is 10.2 Å². The number of likely N-dealkylation sites (N-methyl/N-ethyl adjacent to an activating group) is 1. The Bertz CT molecular complexity index is 1080. The number of likely N-dealkylation sites (tertiary alicyclic amines) is 1. The van der Waals surface area contributed by atoms with Crippen LogP contribution in [0, 0.1) is 0 Å². The molecule has 0 spiro atoms. The van der Waals surface area contributed by atoms with Gasteiger partial charge in [0, 0.05) is 18.2 Å². The molecule has 0 radical (unpaired) electrons. The molecule has 4 rings (SSSR count). The number of benzene rings is 1. The molecule has 3 aromatic rings. The molecule has 1 saturated heterocycles. The number of nitrogens with zero attached hydrogens (tertiary/aromatic N) is 5. The maximum atomic E-state index is 14.0. The quantitative estimate of drug-likeness (QED) is 0.627. The number of rotatable bonds is 3. The van der Waals surface area contributed by atoms with E-state index in [1.807, 2.05) is 7.05 Å². The second-order valence-corrected chi connectivity index (χ2v) is 7.38. The molecule has 160 valence electrons. The molecule has 1 N–H and O–H groups in total. The average molecular weight is 427 g/mol. The van der Waals surface area contributed by atoms with Crippen LogP contribution in [0.2, 0.25) is 0 Å². The van der Waals surface area contributed by atoms with Gasteiger partial charge in [-0.25, -0.2) is 13.8 Å². The lowest BCUT2D eigenvalue weighted by atomic mass is 10.0. The van der Waals surface area contributed by atoms with Crippen LogP contribution in [-0.2, 0) is 6.18 Å². The fraction of sp³-hybridized carbons (Fsp3) is 0.421. The van der Waals surface area contributed by atoms with E-state index in [0.29, 0.717) is 18.7 Å². The van der Waals surface area contributed by atoms with Crippen molar-refractivity contribution in [1.29, 1.82) is 0 Å². The third-order valence-corrected chi connectivity index (χ3v) is 5.31. The lowest BCUT2D eigenvalue weighted by Gasteiger charge is -2.30. The molecule has 1 fully saturated rings. The fourth-order valence-electron chi connectivity index (χ4n) is 3.85. The Balaban J connectivity index is 1.83. The van der Waals surface area contributed by atoms with Gasteiger partial charge in [0.15, 0.2) is 5.65 Å². The third kappa shape index (κ3) is 3.57. The van der Waals surface area contributed by atoms with E-state index in [4.69, 9.17) is 0 Å². The SMILES string of the molecule is CN1CCC[C@@H](n2cnc3c(C(F)F)c(-c4ccc(C(F)(F)F)cc4O)nnc32)C1. The van der Waals surface area contributed by atoms with Crippen LogP contribution in [0.4, 0.5) is 22.0 Å². The highest BCUT2D eigenvalue weighted by Gasteiger charge is 2.32. The van der Waals surface area contributed by atoms with E-state index in [9.17, 15) is 27.1 Å². The summed E-state index contributed by atoms with van der Waals surface area (Å²) in [6.07, 6.45) is -4.48. The standard InChI is InChI=1S/C19H18F5N5O/c1-28-6-2-3-11(8-28)29-9-25-16-14(17(20)21)15(26-27-18(16)29)12-5-4-10(7-13(12)30)19(22,23)24/h4-5,7,9,11,17,30H,2-3,6,8H2,1H3/t11-/m1/s1. The number of fused-ring (bicyclic) bond motifs is 1. The molecule has 2 aromatic heterocycles. The summed E-state index contributed by atoms with van der Waals surface area (Å²) in [5.41, 5.74) is -2.22. The molecular weight excluding hydrogens is 409 g/mol. The summed E-state index contributed by atoms with van der Waals surface area (Å²) in [7, 11) is 1.97. The van der Waals surface area contributed by atoms with Crippen LogP contribution in [0.15, 0.2) is 24.5 Å². The van der Waals surface area contributed by atoms with Crippen molar-refractivity contribution in [1.82, 2.24) is 24.6 Å². The van der Waals surface area contributed by atoms with Gasteiger partial charge in [0.25, 0.3) is 6.43 Å². The predicted octanol–water partition coefficient (Wildman–Crippen LogP) is 4.42. The maximum Gasteiger partial charge on any atom is 0.416 e. The largest absolute Gasteiger partial charge is 0.507 e. The van der Waals surface area contributed by atoms with Crippen LogP contribution in [0.1, 0.15) is 36.4 Å². The highest BCUT2D eigenvalue weighted by atomic mass is 19.4. The summed E-state index contributed by atoms with van der Waals surface area (Å²) in [6.45, 7) is 1.65. The number of halogens is 5. The van der Waals surface area contributed by atoms with Gasteiger partial charge in [-0.05, 0) is 44.6 Å². The molecule has 1 aromatic carbocycles. The van der Waals surface area contributed by atoms with Crippen molar-refractivity contribution in [3.63, 3.8) is 0 Å². The first-order valence-electron chi connectivity index (χ1n) is 9.27. The zero-order valence-electron chi connectivity index (χ0n) is 15.9. The molecular formula is C19H18F5N5O. The van der Waals surface area contributed by atoms with Gasteiger partial charge in [-0.1, -0.05) is 0 Å². The number of imidazole rings is 1. The molecule has 30 heavy (non-hydrogen) atoms. The first-order valence-corrected chi connectivity index (χ1v) is 9.27. The van der Waals surface area contributed by atoms with Crippen LogP contribution in [0.5, 0.6) is 5.75 Å².